The maximum atomic E-state index is 12.8. The van der Waals surface area contributed by atoms with Gasteiger partial charge in [-0.05, 0) is 24.7 Å². The lowest BCUT2D eigenvalue weighted by molar-refractivity contribution is -0.123. The van der Waals surface area contributed by atoms with Gasteiger partial charge in [0.1, 0.15) is 11.6 Å². The van der Waals surface area contributed by atoms with Crippen LogP contribution in [-0.4, -0.2) is 32.1 Å². The summed E-state index contributed by atoms with van der Waals surface area (Å²) in [7, 11) is 0. The molecule has 1 aromatic rings. The molecule has 19 heavy (non-hydrogen) atoms. The first-order valence-corrected chi connectivity index (χ1v) is 6.06. The third kappa shape index (κ3) is 7.20. The summed E-state index contributed by atoms with van der Waals surface area (Å²) in [6.45, 7) is 3.95. The summed E-state index contributed by atoms with van der Waals surface area (Å²) in [5, 5.41) is 5.90. The van der Waals surface area contributed by atoms with E-state index in [9.17, 15) is 9.18 Å². The van der Waals surface area contributed by atoms with Gasteiger partial charge in [-0.25, -0.2) is 4.39 Å². The van der Waals surface area contributed by atoms with E-state index in [0.717, 1.165) is 12.6 Å². The summed E-state index contributed by atoms with van der Waals surface area (Å²) in [5.74, 6) is -0.393. The largest absolute Gasteiger partial charge is 0.482 e. The number of nitrogens with one attached hydrogen (secondary N) is 2. The third-order valence-corrected chi connectivity index (χ3v) is 2.42. The summed E-state index contributed by atoms with van der Waals surface area (Å²) in [5.41, 5.74) is 0. The number of ether oxygens (including phenoxy) is 1. The van der Waals surface area contributed by atoms with Crippen molar-refractivity contribution in [1.29, 1.82) is 0 Å². The Morgan fingerprint density at radius 2 is 2.16 bits per heavy atom. The summed E-state index contributed by atoms with van der Waals surface area (Å²) >= 11 is 5.75. The van der Waals surface area contributed by atoms with Crippen LogP contribution in [0.2, 0.25) is 5.02 Å². The lowest BCUT2D eigenvalue weighted by Gasteiger charge is -2.08. The van der Waals surface area contributed by atoms with Crippen LogP contribution in [0.25, 0.3) is 0 Å². The van der Waals surface area contributed by atoms with Gasteiger partial charge >= 0.3 is 0 Å². The Morgan fingerprint density at radius 1 is 1.42 bits per heavy atom. The molecule has 0 aliphatic heterocycles. The minimum Gasteiger partial charge on any atom is -0.482 e. The molecule has 108 valence electrons. The van der Waals surface area contributed by atoms with Gasteiger partial charge < -0.3 is 15.4 Å². The van der Waals surface area contributed by atoms with Gasteiger partial charge in [0.05, 0.1) is 5.02 Å². The quantitative estimate of drug-likeness (QED) is 0.757. The van der Waals surface area contributed by atoms with E-state index in [4.69, 9.17) is 16.3 Å². The van der Waals surface area contributed by atoms with Crippen molar-refractivity contribution >= 4 is 29.9 Å². The zero-order chi connectivity index (χ0) is 13.4. The summed E-state index contributed by atoms with van der Waals surface area (Å²) in [6, 6.07) is 3.76. The van der Waals surface area contributed by atoms with Crippen molar-refractivity contribution in [3.8, 4) is 5.75 Å². The summed E-state index contributed by atoms with van der Waals surface area (Å²) in [4.78, 5) is 11.4. The summed E-state index contributed by atoms with van der Waals surface area (Å²) < 4.78 is 17.9. The van der Waals surface area contributed by atoms with Crippen molar-refractivity contribution in [2.75, 3.05) is 26.2 Å². The number of carbonyl (C=O) groups excluding carboxylic acids is 1. The zero-order valence-electron chi connectivity index (χ0n) is 10.5. The first-order valence-electron chi connectivity index (χ1n) is 5.68. The van der Waals surface area contributed by atoms with Gasteiger partial charge in [-0.3, -0.25) is 4.79 Å². The highest BCUT2D eigenvalue weighted by atomic mass is 35.5. The van der Waals surface area contributed by atoms with Crippen LogP contribution in [0.5, 0.6) is 5.75 Å². The van der Waals surface area contributed by atoms with Crippen LogP contribution in [0.3, 0.4) is 0 Å². The van der Waals surface area contributed by atoms with Crippen molar-refractivity contribution in [2.24, 2.45) is 0 Å². The smallest absolute Gasteiger partial charge is 0.257 e. The van der Waals surface area contributed by atoms with Crippen LogP contribution in [0.4, 0.5) is 4.39 Å². The van der Waals surface area contributed by atoms with Gasteiger partial charge in [0.15, 0.2) is 6.61 Å². The van der Waals surface area contributed by atoms with Gasteiger partial charge in [0.25, 0.3) is 5.91 Å². The van der Waals surface area contributed by atoms with Crippen molar-refractivity contribution in [3.05, 3.63) is 29.0 Å². The molecule has 0 bridgehead atoms. The van der Waals surface area contributed by atoms with Crippen LogP contribution in [-0.2, 0) is 4.79 Å². The normalized spacial score (nSPS) is 9.63. The molecule has 1 aromatic carbocycles. The number of amides is 1. The highest BCUT2D eigenvalue weighted by Crippen LogP contribution is 2.24. The molecule has 0 aliphatic carbocycles. The third-order valence-electron chi connectivity index (χ3n) is 2.13. The van der Waals surface area contributed by atoms with Crippen LogP contribution < -0.4 is 15.4 Å². The summed E-state index contributed by atoms with van der Waals surface area (Å²) in [6.07, 6.45) is 0. The standard InChI is InChI=1S/C12H16ClFN2O2.ClH/c1-2-15-5-6-16-12(17)8-18-11-4-3-9(14)7-10(11)13;/h3-4,7,15H,2,5-6,8H2,1H3,(H,16,17);1H. The molecule has 1 amide bonds. The fourth-order valence-corrected chi connectivity index (χ4v) is 1.48. The van der Waals surface area contributed by atoms with Crippen molar-refractivity contribution in [3.63, 3.8) is 0 Å². The number of carbonyl (C=O) groups is 1. The van der Waals surface area contributed by atoms with Crippen LogP contribution in [0.1, 0.15) is 6.92 Å². The number of benzene rings is 1. The number of hydrogen-bond donors (Lipinski definition) is 2. The second kappa shape index (κ2) is 9.83. The number of likely N-dealkylation sites (N-methyl/N-ethyl adjacent to an activating group) is 1. The number of rotatable bonds is 7. The van der Waals surface area contributed by atoms with E-state index in [1.54, 1.807) is 0 Å². The highest BCUT2D eigenvalue weighted by Gasteiger charge is 2.06. The molecule has 0 saturated heterocycles. The molecule has 7 heteroatoms. The molecule has 0 spiro atoms. The Hall–Kier alpha value is -1.04. The van der Waals surface area contributed by atoms with E-state index in [0.29, 0.717) is 18.8 Å². The predicted molar refractivity (Wildman–Crippen MR) is 75.7 cm³/mol. The molecule has 0 fully saturated rings. The zero-order valence-corrected chi connectivity index (χ0v) is 12.1. The van der Waals surface area contributed by atoms with E-state index in [2.05, 4.69) is 10.6 Å². The van der Waals surface area contributed by atoms with Crippen LogP contribution in [0.15, 0.2) is 18.2 Å². The SMILES string of the molecule is CCNCCNC(=O)COc1ccc(F)cc1Cl.Cl. The van der Waals surface area contributed by atoms with E-state index in [-0.39, 0.29) is 29.9 Å². The van der Waals surface area contributed by atoms with Gasteiger partial charge in [-0.1, -0.05) is 18.5 Å². The van der Waals surface area contributed by atoms with Crippen LogP contribution >= 0.6 is 24.0 Å². The fourth-order valence-electron chi connectivity index (χ4n) is 1.25. The molecule has 0 saturated carbocycles. The molecule has 2 N–H and O–H groups in total. The second-order valence-corrected chi connectivity index (χ2v) is 3.97. The molecule has 4 nitrogen and oxygen atoms in total. The Bertz CT molecular complexity index is 405. The lowest BCUT2D eigenvalue weighted by atomic mass is 10.3. The average Bonchev–Trinajstić information content (AvgIpc) is 2.33. The van der Waals surface area contributed by atoms with Crippen molar-refractivity contribution in [2.45, 2.75) is 6.92 Å². The van der Waals surface area contributed by atoms with Crippen LogP contribution in [0, 0.1) is 5.82 Å². The number of halogens is 3. The molecule has 0 aliphatic rings. The van der Waals surface area contributed by atoms with Gasteiger partial charge in [-0.15, -0.1) is 12.4 Å². The van der Waals surface area contributed by atoms with E-state index in [1.165, 1.54) is 12.1 Å². The topological polar surface area (TPSA) is 50.4 Å². The monoisotopic (exact) mass is 310 g/mol. The minimum atomic E-state index is -0.442. The van der Waals surface area contributed by atoms with Gasteiger partial charge in [0.2, 0.25) is 0 Å². The molecule has 0 radical (unpaired) electrons. The van der Waals surface area contributed by atoms with Gasteiger partial charge in [-0.2, -0.15) is 0 Å². The first kappa shape index (κ1) is 18.0. The highest BCUT2D eigenvalue weighted by molar-refractivity contribution is 6.32. The molecule has 0 atom stereocenters. The average molecular weight is 311 g/mol. The Morgan fingerprint density at radius 3 is 2.79 bits per heavy atom. The van der Waals surface area contributed by atoms with Gasteiger partial charge in [0, 0.05) is 13.1 Å². The molecular weight excluding hydrogens is 294 g/mol. The Balaban J connectivity index is 0.00000324. The Kier molecular flexibility index (Phi) is 9.30. The first-order chi connectivity index (χ1) is 8.63. The molecule has 0 heterocycles. The molecule has 0 unspecified atom stereocenters. The Labute approximate surface area is 123 Å². The lowest BCUT2D eigenvalue weighted by Crippen LogP contribution is -2.34. The predicted octanol–water partition coefficient (Wildman–Crippen LogP) is 2.01. The second-order valence-electron chi connectivity index (χ2n) is 3.57. The van der Waals surface area contributed by atoms with E-state index < -0.39 is 5.82 Å². The van der Waals surface area contributed by atoms with Crippen molar-refractivity contribution in [1.82, 2.24) is 10.6 Å². The molecular formula is C12H17Cl2FN2O2. The van der Waals surface area contributed by atoms with E-state index >= 15 is 0 Å². The fraction of sp³-hybridized carbons (Fsp3) is 0.417. The maximum absolute atomic E-state index is 12.8. The number of hydrogen-bond acceptors (Lipinski definition) is 3. The van der Waals surface area contributed by atoms with E-state index in [1.807, 2.05) is 6.92 Å². The molecule has 0 aromatic heterocycles. The maximum Gasteiger partial charge on any atom is 0.257 e. The minimum absolute atomic E-state index is 0. The molecule has 1 rings (SSSR count). The van der Waals surface area contributed by atoms with Crippen molar-refractivity contribution < 1.29 is 13.9 Å².